The lowest BCUT2D eigenvalue weighted by Crippen LogP contribution is -2.02. The normalized spacial score (nSPS) is 10.2. The molecule has 0 saturated carbocycles. The molecule has 0 aliphatic rings. The summed E-state index contributed by atoms with van der Waals surface area (Å²) in [5.41, 5.74) is 8.13. The molecular weight excluding hydrogens is 174 g/mol. The monoisotopic (exact) mass is 193 g/mol. The van der Waals surface area contributed by atoms with Gasteiger partial charge in [0.15, 0.2) is 0 Å². The molecule has 0 radical (unpaired) electrons. The Morgan fingerprint density at radius 3 is 2.71 bits per heavy atom. The van der Waals surface area contributed by atoms with Crippen LogP contribution in [0.15, 0.2) is 18.2 Å². The van der Waals surface area contributed by atoms with Crippen LogP contribution in [0.25, 0.3) is 0 Å². The molecule has 0 aliphatic heterocycles. The molecule has 0 unspecified atom stereocenters. The average molecular weight is 193 g/mol. The highest BCUT2D eigenvalue weighted by atomic mass is 16.5. The maximum absolute atomic E-state index is 5.50. The Labute approximate surface area is 86.1 Å². The lowest BCUT2D eigenvalue weighted by Gasteiger charge is -2.09. The second-order valence-corrected chi connectivity index (χ2v) is 3.39. The highest BCUT2D eigenvalue weighted by Gasteiger charge is 2.02. The first kappa shape index (κ1) is 11.1. The zero-order valence-electron chi connectivity index (χ0n) is 9.05. The topological polar surface area (TPSA) is 35.2 Å². The molecule has 2 heteroatoms. The molecule has 0 saturated heterocycles. The van der Waals surface area contributed by atoms with Gasteiger partial charge < -0.3 is 10.5 Å². The quantitative estimate of drug-likeness (QED) is 0.777. The molecule has 0 amide bonds. The minimum Gasteiger partial charge on any atom is -0.496 e. The van der Waals surface area contributed by atoms with Crippen LogP contribution in [0.4, 0.5) is 0 Å². The number of hydrogen-bond acceptors (Lipinski definition) is 2. The van der Waals surface area contributed by atoms with Crippen LogP contribution >= 0.6 is 0 Å². The van der Waals surface area contributed by atoms with Crippen molar-refractivity contribution in [2.24, 2.45) is 5.73 Å². The fourth-order valence-corrected chi connectivity index (χ4v) is 1.54. The summed E-state index contributed by atoms with van der Waals surface area (Å²) in [5, 5.41) is 0. The molecule has 0 aromatic heterocycles. The number of aryl methyl sites for hydroxylation is 2. The third kappa shape index (κ3) is 2.74. The van der Waals surface area contributed by atoms with Crippen LogP contribution in [0.1, 0.15) is 24.5 Å². The zero-order valence-corrected chi connectivity index (χ0v) is 9.05. The van der Waals surface area contributed by atoms with Gasteiger partial charge >= 0.3 is 0 Å². The minimum absolute atomic E-state index is 0.736. The molecule has 78 valence electrons. The van der Waals surface area contributed by atoms with Crippen LogP contribution in [-0.2, 0) is 12.8 Å². The predicted molar refractivity (Wildman–Crippen MR) is 59.7 cm³/mol. The molecule has 0 atom stereocenters. The first-order valence-electron chi connectivity index (χ1n) is 5.17. The van der Waals surface area contributed by atoms with E-state index in [4.69, 9.17) is 10.5 Å². The standard InChI is InChI=1S/C12H19NO/c1-3-10-6-7-12(14-2)11(9-10)5-4-8-13/h6-7,9H,3-5,8,13H2,1-2H3. The van der Waals surface area contributed by atoms with Crippen LogP contribution < -0.4 is 10.5 Å². The van der Waals surface area contributed by atoms with Crippen molar-refractivity contribution in [3.05, 3.63) is 29.3 Å². The van der Waals surface area contributed by atoms with E-state index in [1.54, 1.807) is 7.11 Å². The van der Waals surface area contributed by atoms with Crippen LogP contribution in [0.5, 0.6) is 5.75 Å². The van der Waals surface area contributed by atoms with Crippen LogP contribution in [0.3, 0.4) is 0 Å². The van der Waals surface area contributed by atoms with Gasteiger partial charge in [-0.15, -0.1) is 0 Å². The number of methoxy groups -OCH3 is 1. The number of nitrogens with two attached hydrogens (primary N) is 1. The lowest BCUT2D eigenvalue weighted by atomic mass is 10.0. The van der Waals surface area contributed by atoms with Gasteiger partial charge in [0.25, 0.3) is 0 Å². The number of benzene rings is 1. The van der Waals surface area contributed by atoms with Gasteiger partial charge in [-0.05, 0) is 43.0 Å². The van der Waals surface area contributed by atoms with Gasteiger partial charge in [0, 0.05) is 0 Å². The maximum Gasteiger partial charge on any atom is 0.122 e. The van der Waals surface area contributed by atoms with Gasteiger partial charge in [-0.1, -0.05) is 19.1 Å². The van der Waals surface area contributed by atoms with E-state index >= 15 is 0 Å². The predicted octanol–water partition coefficient (Wildman–Crippen LogP) is 2.15. The Hall–Kier alpha value is -1.02. The second kappa shape index (κ2) is 5.66. The van der Waals surface area contributed by atoms with Gasteiger partial charge in [0.1, 0.15) is 5.75 Å². The van der Waals surface area contributed by atoms with E-state index in [0.717, 1.165) is 31.6 Å². The molecular formula is C12H19NO. The Balaban J connectivity index is 2.84. The Morgan fingerprint density at radius 1 is 1.36 bits per heavy atom. The smallest absolute Gasteiger partial charge is 0.122 e. The first-order chi connectivity index (χ1) is 6.81. The largest absolute Gasteiger partial charge is 0.496 e. The third-order valence-electron chi connectivity index (χ3n) is 2.40. The van der Waals surface area contributed by atoms with E-state index < -0.39 is 0 Å². The molecule has 14 heavy (non-hydrogen) atoms. The summed E-state index contributed by atoms with van der Waals surface area (Å²) in [7, 11) is 1.72. The summed E-state index contributed by atoms with van der Waals surface area (Å²) in [4.78, 5) is 0. The molecule has 0 fully saturated rings. The fourth-order valence-electron chi connectivity index (χ4n) is 1.54. The van der Waals surface area contributed by atoms with Crippen molar-refractivity contribution in [2.45, 2.75) is 26.2 Å². The summed E-state index contributed by atoms with van der Waals surface area (Å²) in [6.07, 6.45) is 3.09. The molecule has 0 heterocycles. The van der Waals surface area contributed by atoms with Crippen LogP contribution in [-0.4, -0.2) is 13.7 Å². The summed E-state index contributed by atoms with van der Waals surface area (Å²) >= 11 is 0. The number of rotatable bonds is 5. The zero-order chi connectivity index (χ0) is 10.4. The van der Waals surface area contributed by atoms with Crippen molar-refractivity contribution >= 4 is 0 Å². The molecule has 2 N–H and O–H groups in total. The van der Waals surface area contributed by atoms with Gasteiger partial charge in [-0.25, -0.2) is 0 Å². The van der Waals surface area contributed by atoms with Gasteiger partial charge in [-0.3, -0.25) is 0 Å². The van der Waals surface area contributed by atoms with Crippen LogP contribution in [0.2, 0.25) is 0 Å². The summed E-state index contributed by atoms with van der Waals surface area (Å²) in [6, 6.07) is 6.38. The Morgan fingerprint density at radius 2 is 2.14 bits per heavy atom. The van der Waals surface area contributed by atoms with Gasteiger partial charge in [0.2, 0.25) is 0 Å². The molecule has 1 aromatic rings. The van der Waals surface area contributed by atoms with Crippen molar-refractivity contribution in [3.63, 3.8) is 0 Å². The van der Waals surface area contributed by atoms with Crippen molar-refractivity contribution in [1.82, 2.24) is 0 Å². The number of hydrogen-bond donors (Lipinski definition) is 1. The first-order valence-corrected chi connectivity index (χ1v) is 5.17. The molecule has 0 spiro atoms. The van der Waals surface area contributed by atoms with Crippen LogP contribution in [0, 0.1) is 0 Å². The fraction of sp³-hybridized carbons (Fsp3) is 0.500. The van der Waals surface area contributed by atoms with Gasteiger partial charge in [-0.2, -0.15) is 0 Å². The Kier molecular flexibility index (Phi) is 4.47. The van der Waals surface area contributed by atoms with E-state index in [2.05, 4.69) is 19.1 Å². The Bertz CT molecular complexity index is 284. The van der Waals surface area contributed by atoms with E-state index in [9.17, 15) is 0 Å². The average Bonchev–Trinajstić information content (AvgIpc) is 2.25. The minimum atomic E-state index is 0.736. The third-order valence-corrected chi connectivity index (χ3v) is 2.40. The molecule has 0 aliphatic carbocycles. The van der Waals surface area contributed by atoms with E-state index in [1.165, 1.54) is 11.1 Å². The highest BCUT2D eigenvalue weighted by molar-refractivity contribution is 5.37. The van der Waals surface area contributed by atoms with Crippen molar-refractivity contribution < 1.29 is 4.74 Å². The molecule has 2 nitrogen and oxygen atoms in total. The van der Waals surface area contributed by atoms with Crippen molar-refractivity contribution in [3.8, 4) is 5.75 Å². The molecule has 1 aromatic carbocycles. The number of ether oxygens (including phenoxy) is 1. The second-order valence-electron chi connectivity index (χ2n) is 3.39. The highest BCUT2D eigenvalue weighted by Crippen LogP contribution is 2.21. The van der Waals surface area contributed by atoms with Crippen molar-refractivity contribution in [1.29, 1.82) is 0 Å². The van der Waals surface area contributed by atoms with E-state index in [1.807, 2.05) is 6.07 Å². The van der Waals surface area contributed by atoms with E-state index in [0.29, 0.717) is 0 Å². The maximum atomic E-state index is 5.50. The summed E-state index contributed by atoms with van der Waals surface area (Å²) in [5.74, 6) is 0.982. The lowest BCUT2D eigenvalue weighted by molar-refractivity contribution is 0.409. The van der Waals surface area contributed by atoms with Gasteiger partial charge in [0.05, 0.1) is 7.11 Å². The summed E-state index contributed by atoms with van der Waals surface area (Å²) < 4.78 is 5.30. The molecule has 1 rings (SSSR count). The molecule has 0 bridgehead atoms. The van der Waals surface area contributed by atoms with E-state index in [-0.39, 0.29) is 0 Å². The SMILES string of the molecule is CCc1ccc(OC)c(CCCN)c1. The summed E-state index contributed by atoms with van der Waals surface area (Å²) in [6.45, 7) is 2.90. The van der Waals surface area contributed by atoms with Crippen molar-refractivity contribution in [2.75, 3.05) is 13.7 Å².